The molecule has 16 heavy (non-hydrogen) atoms. The maximum absolute atomic E-state index is 11.8. The summed E-state index contributed by atoms with van der Waals surface area (Å²) in [6.07, 6.45) is -0.185. The monoisotopic (exact) mass is 228 g/mol. The van der Waals surface area contributed by atoms with E-state index in [1.807, 2.05) is 25.7 Å². The zero-order valence-electron chi connectivity index (χ0n) is 11.1. The summed E-state index contributed by atoms with van der Waals surface area (Å²) in [5.41, 5.74) is -0.401. The first-order valence-corrected chi connectivity index (χ1v) is 6.05. The summed E-state index contributed by atoms with van der Waals surface area (Å²) in [5, 5.41) is 0. The van der Waals surface area contributed by atoms with Crippen molar-refractivity contribution in [2.75, 3.05) is 26.2 Å². The first-order chi connectivity index (χ1) is 7.33. The zero-order chi connectivity index (χ0) is 12.3. The van der Waals surface area contributed by atoms with Gasteiger partial charge < -0.3 is 9.64 Å². The van der Waals surface area contributed by atoms with Crippen LogP contribution in [0, 0.1) is 0 Å². The van der Waals surface area contributed by atoms with Gasteiger partial charge >= 0.3 is 6.09 Å². The van der Waals surface area contributed by atoms with Gasteiger partial charge in [0.1, 0.15) is 5.60 Å². The van der Waals surface area contributed by atoms with Crippen molar-refractivity contribution in [1.82, 2.24) is 9.80 Å². The van der Waals surface area contributed by atoms with Crippen molar-refractivity contribution in [3.63, 3.8) is 0 Å². The average molecular weight is 228 g/mol. The van der Waals surface area contributed by atoms with Crippen LogP contribution in [0.1, 0.15) is 34.6 Å². The lowest BCUT2D eigenvalue weighted by atomic mass is 10.2. The fourth-order valence-electron chi connectivity index (χ4n) is 1.96. The number of piperazine rings is 1. The van der Waals surface area contributed by atoms with Crippen molar-refractivity contribution >= 4 is 6.09 Å². The van der Waals surface area contributed by atoms with Gasteiger partial charge in [0.2, 0.25) is 0 Å². The number of hydrogen-bond donors (Lipinski definition) is 0. The van der Waals surface area contributed by atoms with E-state index in [0.29, 0.717) is 6.04 Å². The molecule has 4 heteroatoms. The van der Waals surface area contributed by atoms with Crippen molar-refractivity contribution in [1.29, 1.82) is 0 Å². The minimum atomic E-state index is -0.401. The number of ether oxygens (including phenoxy) is 1. The molecule has 0 saturated carbocycles. The minimum Gasteiger partial charge on any atom is -0.444 e. The second-order valence-electron chi connectivity index (χ2n) is 5.40. The smallest absolute Gasteiger partial charge is 0.410 e. The molecule has 0 aromatic carbocycles. The summed E-state index contributed by atoms with van der Waals surface area (Å²) in [5.74, 6) is 0. The second-order valence-corrected chi connectivity index (χ2v) is 5.40. The van der Waals surface area contributed by atoms with Crippen LogP contribution in [0.15, 0.2) is 0 Å². The number of carbonyl (C=O) groups is 1. The van der Waals surface area contributed by atoms with Crippen LogP contribution in [-0.4, -0.2) is 53.7 Å². The summed E-state index contributed by atoms with van der Waals surface area (Å²) in [4.78, 5) is 16.0. The highest BCUT2D eigenvalue weighted by Gasteiger charge is 2.28. The highest BCUT2D eigenvalue weighted by Crippen LogP contribution is 2.14. The molecule has 1 rings (SSSR count). The molecule has 0 aliphatic carbocycles. The Bertz CT molecular complexity index is 248. The molecular formula is C12H24N2O2. The molecule has 1 saturated heterocycles. The molecule has 0 aromatic rings. The van der Waals surface area contributed by atoms with Gasteiger partial charge in [0, 0.05) is 25.7 Å². The number of hydrogen-bond acceptors (Lipinski definition) is 3. The van der Waals surface area contributed by atoms with Crippen LogP contribution in [0.3, 0.4) is 0 Å². The Morgan fingerprint density at radius 1 is 1.38 bits per heavy atom. The van der Waals surface area contributed by atoms with E-state index in [2.05, 4.69) is 18.7 Å². The Morgan fingerprint density at radius 2 is 2.00 bits per heavy atom. The number of likely N-dealkylation sites (N-methyl/N-ethyl adjacent to an activating group) is 1. The van der Waals surface area contributed by atoms with Crippen LogP contribution >= 0.6 is 0 Å². The van der Waals surface area contributed by atoms with Crippen molar-refractivity contribution in [2.24, 2.45) is 0 Å². The molecule has 1 amide bonds. The molecule has 1 atom stereocenters. The molecule has 0 N–H and O–H groups in total. The second kappa shape index (κ2) is 5.04. The van der Waals surface area contributed by atoms with Crippen LogP contribution in [-0.2, 0) is 4.74 Å². The van der Waals surface area contributed by atoms with Crippen LogP contribution in [0.4, 0.5) is 4.79 Å². The molecule has 0 aromatic heterocycles. The molecule has 1 heterocycles. The molecular weight excluding hydrogens is 204 g/mol. The third-order valence-electron chi connectivity index (χ3n) is 2.82. The maximum Gasteiger partial charge on any atom is 0.410 e. The molecule has 1 aliphatic heterocycles. The first kappa shape index (κ1) is 13.3. The Kier molecular flexibility index (Phi) is 4.19. The van der Waals surface area contributed by atoms with E-state index in [1.165, 1.54) is 0 Å². The van der Waals surface area contributed by atoms with Crippen LogP contribution in [0.25, 0.3) is 0 Å². The van der Waals surface area contributed by atoms with Gasteiger partial charge in [-0.15, -0.1) is 0 Å². The van der Waals surface area contributed by atoms with Gasteiger partial charge in [-0.1, -0.05) is 6.92 Å². The Hall–Kier alpha value is -0.770. The van der Waals surface area contributed by atoms with E-state index >= 15 is 0 Å². The SMILES string of the molecule is CCN1CCN(C(=O)OC(C)(C)C)C[C@@H]1C. The van der Waals surface area contributed by atoms with Crippen LogP contribution < -0.4 is 0 Å². The fourth-order valence-corrected chi connectivity index (χ4v) is 1.96. The average Bonchev–Trinajstić information content (AvgIpc) is 2.15. The van der Waals surface area contributed by atoms with E-state index in [-0.39, 0.29) is 6.09 Å². The van der Waals surface area contributed by atoms with Crippen molar-refractivity contribution < 1.29 is 9.53 Å². The predicted molar refractivity (Wildman–Crippen MR) is 64.5 cm³/mol. The van der Waals surface area contributed by atoms with E-state index in [1.54, 1.807) is 0 Å². The predicted octanol–water partition coefficient (Wildman–Crippen LogP) is 1.95. The standard InChI is InChI=1S/C12H24N2O2/c1-6-13-7-8-14(9-10(13)2)11(15)16-12(3,4)5/h10H,6-9H2,1-5H3/t10-/m0/s1. The number of amides is 1. The molecule has 1 aliphatic rings. The number of nitrogens with zero attached hydrogens (tertiary/aromatic N) is 2. The third-order valence-corrected chi connectivity index (χ3v) is 2.82. The molecule has 94 valence electrons. The summed E-state index contributed by atoms with van der Waals surface area (Å²) < 4.78 is 5.36. The van der Waals surface area contributed by atoms with Gasteiger partial charge in [-0.2, -0.15) is 0 Å². The largest absolute Gasteiger partial charge is 0.444 e. The van der Waals surface area contributed by atoms with Gasteiger partial charge in [0.15, 0.2) is 0 Å². The number of carbonyl (C=O) groups excluding carboxylic acids is 1. The summed E-state index contributed by atoms with van der Waals surface area (Å²) >= 11 is 0. The molecule has 0 unspecified atom stereocenters. The molecule has 4 nitrogen and oxygen atoms in total. The molecule has 0 bridgehead atoms. The van der Waals surface area contributed by atoms with Crippen LogP contribution in [0.2, 0.25) is 0 Å². The maximum atomic E-state index is 11.8. The van der Waals surface area contributed by atoms with Crippen molar-refractivity contribution in [3.05, 3.63) is 0 Å². The highest BCUT2D eigenvalue weighted by molar-refractivity contribution is 5.68. The molecule has 0 spiro atoms. The van der Waals surface area contributed by atoms with Gasteiger partial charge in [-0.3, -0.25) is 4.90 Å². The molecule has 0 radical (unpaired) electrons. The van der Waals surface area contributed by atoms with Crippen molar-refractivity contribution in [2.45, 2.75) is 46.3 Å². The lowest BCUT2D eigenvalue weighted by Gasteiger charge is -2.39. The highest BCUT2D eigenvalue weighted by atomic mass is 16.6. The Balaban J connectivity index is 2.48. The summed E-state index contributed by atoms with van der Waals surface area (Å²) in [7, 11) is 0. The lowest BCUT2D eigenvalue weighted by molar-refractivity contribution is 0.00656. The Morgan fingerprint density at radius 3 is 2.44 bits per heavy atom. The van der Waals surface area contributed by atoms with E-state index in [4.69, 9.17) is 4.74 Å². The topological polar surface area (TPSA) is 32.8 Å². The Labute approximate surface area is 98.5 Å². The summed E-state index contributed by atoms with van der Waals surface area (Å²) in [6.45, 7) is 13.5. The number of rotatable bonds is 1. The fraction of sp³-hybridized carbons (Fsp3) is 0.917. The van der Waals surface area contributed by atoms with Crippen LogP contribution in [0.5, 0.6) is 0 Å². The van der Waals surface area contributed by atoms with Gasteiger partial charge in [-0.25, -0.2) is 4.79 Å². The summed E-state index contributed by atoms with van der Waals surface area (Å²) in [6, 6.07) is 0.422. The van der Waals surface area contributed by atoms with Crippen molar-refractivity contribution in [3.8, 4) is 0 Å². The lowest BCUT2D eigenvalue weighted by Crippen LogP contribution is -2.54. The van der Waals surface area contributed by atoms with E-state index in [0.717, 1.165) is 26.2 Å². The van der Waals surface area contributed by atoms with E-state index in [9.17, 15) is 4.79 Å². The quantitative estimate of drug-likeness (QED) is 0.687. The van der Waals surface area contributed by atoms with E-state index < -0.39 is 5.60 Å². The normalized spacial score (nSPS) is 23.3. The van der Waals surface area contributed by atoms with Gasteiger partial charge in [0.05, 0.1) is 0 Å². The molecule has 1 fully saturated rings. The third kappa shape index (κ3) is 3.67. The first-order valence-electron chi connectivity index (χ1n) is 6.05. The van der Waals surface area contributed by atoms with Gasteiger partial charge in [0.25, 0.3) is 0 Å². The zero-order valence-corrected chi connectivity index (χ0v) is 11.1. The minimum absolute atomic E-state index is 0.185. The van der Waals surface area contributed by atoms with Gasteiger partial charge in [-0.05, 0) is 34.2 Å².